The molecule has 22 heavy (non-hydrogen) atoms. The summed E-state index contributed by atoms with van der Waals surface area (Å²) in [4.78, 5) is 18.3. The number of rotatable bonds is 2. The van der Waals surface area contributed by atoms with E-state index in [4.69, 9.17) is 0 Å². The zero-order valence-corrected chi connectivity index (χ0v) is 11.8. The standard InChI is InChI=1S/C16H15F2N3O/c17-12-3-4-13(14(18)8-12)16(22)21-7-6-20-10-15(21)11-2-1-5-19-9-11/h1-5,8-9,15,20H,6-7,10H2. The van der Waals surface area contributed by atoms with Crippen molar-refractivity contribution in [2.24, 2.45) is 0 Å². The Hall–Kier alpha value is -2.34. The summed E-state index contributed by atoms with van der Waals surface area (Å²) < 4.78 is 26.9. The highest BCUT2D eigenvalue weighted by molar-refractivity contribution is 5.94. The third-order valence-electron chi connectivity index (χ3n) is 3.73. The number of amides is 1. The Morgan fingerprint density at radius 2 is 2.18 bits per heavy atom. The third-order valence-corrected chi connectivity index (χ3v) is 3.73. The molecule has 1 aliphatic rings. The molecule has 114 valence electrons. The van der Waals surface area contributed by atoms with Crippen LogP contribution in [0.25, 0.3) is 0 Å². The van der Waals surface area contributed by atoms with Crippen LogP contribution in [0.3, 0.4) is 0 Å². The van der Waals surface area contributed by atoms with Crippen molar-refractivity contribution in [1.82, 2.24) is 15.2 Å². The predicted molar refractivity (Wildman–Crippen MR) is 77.2 cm³/mol. The number of hydrogen-bond donors (Lipinski definition) is 1. The summed E-state index contributed by atoms with van der Waals surface area (Å²) in [6, 6.07) is 6.47. The van der Waals surface area contributed by atoms with Crippen LogP contribution in [0.4, 0.5) is 8.78 Å². The van der Waals surface area contributed by atoms with E-state index in [1.807, 2.05) is 6.07 Å². The molecule has 0 aliphatic carbocycles. The summed E-state index contributed by atoms with van der Waals surface area (Å²) in [6.07, 6.45) is 3.35. The second-order valence-corrected chi connectivity index (χ2v) is 5.13. The highest BCUT2D eigenvalue weighted by Gasteiger charge is 2.30. The molecule has 1 aromatic heterocycles. The number of piperazine rings is 1. The molecule has 2 aromatic rings. The smallest absolute Gasteiger partial charge is 0.257 e. The van der Waals surface area contributed by atoms with Crippen LogP contribution >= 0.6 is 0 Å². The molecule has 0 spiro atoms. The number of pyridine rings is 1. The maximum atomic E-state index is 13.9. The zero-order valence-electron chi connectivity index (χ0n) is 11.8. The van der Waals surface area contributed by atoms with Crippen LogP contribution in [0.1, 0.15) is 22.0 Å². The average Bonchev–Trinajstić information content (AvgIpc) is 2.55. The van der Waals surface area contributed by atoms with Gasteiger partial charge in [-0.3, -0.25) is 9.78 Å². The van der Waals surface area contributed by atoms with Gasteiger partial charge < -0.3 is 10.2 Å². The van der Waals surface area contributed by atoms with Gasteiger partial charge in [-0.1, -0.05) is 6.07 Å². The first kappa shape index (κ1) is 14.6. The van der Waals surface area contributed by atoms with Crippen molar-refractivity contribution >= 4 is 5.91 Å². The van der Waals surface area contributed by atoms with Gasteiger partial charge in [-0.2, -0.15) is 0 Å². The zero-order chi connectivity index (χ0) is 15.5. The van der Waals surface area contributed by atoms with Crippen LogP contribution in [0.5, 0.6) is 0 Å². The molecule has 0 radical (unpaired) electrons. The molecule has 0 saturated carbocycles. The largest absolute Gasteiger partial charge is 0.329 e. The van der Waals surface area contributed by atoms with E-state index in [2.05, 4.69) is 10.3 Å². The molecular weight excluding hydrogens is 288 g/mol. The van der Waals surface area contributed by atoms with Crippen molar-refractivity contribution in [2.45, 2.75) is 6.04 Å². The van der Waals surface area contributed by atoms with E-state index in [1.165, 1.54) is 6.07 Å². The number of halogens is 2. The molecule has 2 heterocycles. The topological polar surface area (TPSA) is 45.2 Å². The van der Waals surface area contributed by atoms with Gasteiger partial charge in [0.2, 0.25) is 0 Å². The Morgan fingerprint density at radius 3 is 2.91 bits per heavy atom. The molecule has 1 N–H and O–H groups in total. The van der Waals surface area contributed by atoms with E-state index in [0.29, 0.717) is 19.6 Å². The number of benzene rings is 1. The van der Waals surface area contributed by atoms with Crippen LogP contribution in [0.2, 0.25) is 0 Å². The van der Waals surface area contributed by atoms with Crippen molar-refractivity contribution in [3.63, 3.8) is 0 Å². The number of carbonyl (C=O) groups is 1. The van der Waals surface area contributed by atoms with Gasteiger partial charge in [0.25, 0.3) is 5.91 Å². The number of hydrogen-bond acceptors (Lipinski definition) is 3. The van der Waals surface area contributed by atoms with Gasteiger partial charge in [-0.15, -0.1) is 0 Å². The van der Waals surface area contributed by atoms with E-state index in [-0.39, 0.29) is 11.6 Å². The van der Waals surface area contributed by atoms with Crippen LogP contribution in [0.15, 0.2) is 42.7 Å². The Bertz CT molecular complexity index is 678. The Labute approximate surface area is 126 Å². The van der Waals surface area contributed by atoms with E-state index in [9.17, 15) is 13.6 Å². The molecule has 1 amide bonds. The fourth-order valence-electron chi connectivity index (χ4n) is 2.64. The number of aromatic nitrogens is 1. The lowest BCUT2D eigenvalue weighted by atomic mass is 10.0. The average molecular weight is 303 g/mol. The summed E-state index contributed by atoms with van der Waals surface area (Å²) in [5, 5.41) is 3.22. The van der Waals surface area contributed by atoms with Gasteiger partial charge in [0.1, 0.15) is 11.6 Å². The fraction of sp³-hybridized carbons (Fsp3) is 0.250. The molecule has 1 aromatic carbocycles. The molecule has 1 fully saturated rings. The Morgan fingerprint density at radius 1 is 1.32 bits per heavy atom. The fourth-order valence-corrected chi connectivity index (χ4v) is 2.64. The highest BCUT2D eigenvalue weighted by Crippen LogP contribution is 2.24. The first-order chi connectivity index (χ1) is 10.7. The minimum absolute atomic E-state index is 0.114. The normalized spacial score (nSPS) is 18.3. The van der Waals surface area contributed by atoms with Crippen LogP contribution < -0.4 is 5.32 Å². The van der Waals surface area contributed by atoms with Gasteiger partial charge in [0.15, 0.2) is 0 Å². The van der Waals surface area contributed by atoms with E-state index < -0.39 is 17.5 Å². The van der Waals surface area contributed by atoms with Crippen molar-refractivity contribution < 1.29 is 13.6 Å². The first-order valence-electron chi connectivity index (χ1n) is 7.03. The maximum absolute atomic E-state index is 13.9. The van der Waals surface area contributed by atoms with Gasteiger partial charge in [-0.25, -0.2) is 8.78 Å². The number of nitrogens with zero attached hydrogens (tertiary/aromatic N) is 2. The van der Waals surface area contributed by atoms with E-state index in [0.717, 1.165) is 17.7 Å². The molecule has 4 nitrogen and oxygen atoms in total. The summed E-state index contributed by atoms with van der Waals surface area (Å²) in [6.45, 7) is 1.65. The maximum Gasteiger partial charge on any atom is 0.257 e. The molecule has 0 bridgehead atoms. The summed E-state index contributed by atoms with van der Waals surface area (Å²) in [7, 11) is 0. The highest BCUT2D eigenvalue weighted by atomic mass is 19.1. The quantitative estimate of drug-likeness (QED) is 0.924. The van der Waals surface area contributed by atoms with Crippen LogP contribution in [0, 0.1) is 11.6 Å². The molecule has 1 atom stereocenters. The Kier molecular flexibility index (Phi) is 4.11. The van der Waals surface area contributed by atoms with Crippen molar-refractivity contribution in [3.8, 4) is 0 Å². The summed E-state index contributed by atoms with van der Waals surface area (Å²) in [5.41, 5.74) is 0.766. The molecule has 6 heteroatoms. The Balaban J connectivity index is 1.92. The minimum atomic E-state index is -0.839. The molecule has 1 saturated heterocycles. The lowest BCUT2D eigenvalue weighted by Crippen LogP contribution is -2.48. The van der Waals surface area contributed by atoms with Gasteiger partial charge >= 0.3 is 0 Å². The van der Waals surface area contributed by atoms with Gasteiger partial charge in [0, 0.05) is 38.1 Å². The second-order valence-electron chi connectivity index (χ2n) is 5.13. The van der Waals surface area contributed by atoms with Crippen LogP contribution in [-0.2, 0) is 0 Å². The second kappa shape index (κ2) is 6.19. The van der Waals surface area contributed by atoms with Crippen molar-refractivity contribution in [1.29, 1.82) is 0 Å². The number of nitrogens with one attached hydrogen (secondary N) is 1. The summed E-state index contributed by atoms with van der Waals surface area (Å²) >= 11 is 0. The molecular formula is C16H15F2N3O. The van der Waals surface area contributed by atoms with E-state index >= 15 is 0 Å². The lowest BCUT2D eigenvalue weighted by Gasteiger charge is -2.36. The number of carbonyl (C=O) groups excluding carboxylic acids is 1. The van der Waals surface area contributed by atoms with Gasteiger partial charge in [0.05, 0.1) is 11.6 Å². The summed E-state index contributed by atoms with van der Waals surface area (Å²) in [5.74, 6) is -1.97. The monoisotopic (exact) mass is 303 g/mol. The molecule has 1 aliphatic heterocycles. The van der Waals surface area contributed by atoms with Gasteiger partial charge in [-0.05, 0) is 23.8 Å². The molecule has 3 rings (SSSR count). The molecule has 1 unspecified atom stereocenters. The van der Waals surface area contributed by atoms with Crippen molar-refractivity contribution in [3.05, 3.63) is 65.5 Å². The first-order valence-corrected chi connectivity index (χ1v) is 7.03. The third kappa shape index (κ3) is 2.82. The predicted octanol–water partition coefficient (Wildman–Crippen LogP) is 2.15. The minimum Gasteiger partial charge on any atom is -0.329 e. The SMILES string of the molecule is O=C(c1ccc(F)cc1F)N1CCNCC1c1cccnc1. The van der Waals surface area contributed by atoms with Crippen molar-refractivity contribution in [2.75, 3.05) is 19.6 Å². The lowest BCUT2D eigenvalue weighted by molar-refractivity contribution is 0.0629. The van der Waals surface area contributed by atoms with Crippen LogP contribution in [-0.4, -0.2) is 35.4 Å². The van der Waals surface area contributed by atoms with E-state index in [1.54, 1.807) is 23.4 Å².